The van der Waals surface area contributed by atoms with Gasteiger partial charge >= 0.3 is 5.97 Å². The third kappa shape index (κ3) is 1.63. The molecule has 4 nitrogen and oxygen atoms in total. The van der Waals surface area contributed by atoms with Crippen LogP contribution in [-0.2, 0) is 6.42 Å². The van der Waals surface area contributed by atoms with Gasteiger partial charge in [-0.3, -0.25) is 0 Å². The lowest BCUT2D eigenvalue weighted by Gasteiger charge is -2.21. The van der Waals surface area contributed by atoms with Crippen molar-refractivity contribution in [3.63, 3.8) is 0 Å². The number of ether oxygens (including phenoxy) is 1. The first kappa shape index (κ1) is 9.83. The van der Waals surface area contributed by atoms with Crippen LogP contribution in [0.2, 0.25) is 0 Å². The van der Waals surface area contributed by atoms with Gasteiger partial charge in [-0.15, -0.1) is 0 Å². The average molecular weight is 207 g/mol. The highest BCUT2D eigenvalue weighted by Gasteiger charge is 2.21. The zero-order chi connectivity index (χ0) is 10.8. The molecule has 0 spiro atoms. The molecule has 1 aromatic carbocycles. The number of rotatable bonds is 2. The minimum Gasteiger partial charge on any atom is -0.496 e. The van der Waals surface area contributed by atoms with Gasteiger partial charge in [0.1, 0.15) is 11.3 Å². The fraction of sp³-hybridized carbons (Fsp3) is 0.364. The van der Waals surface area contributed by atoms with Gasteiger partial charge in [0.25, 0.3) is 0 Å². The number of hydrogen-bond acceptors (Lipinski definition) is 3. The van der Waals surface area contributed by atoms with Gasteiger partial charge in [-0.25, -0.2) is 4.79 Å². The van der Waals surface area contributed by atoms with Crippen molar-refractivity contribution < 1.29 is 14.6 Å². The van der Waals surface area contributed by atoms with Crippen LogP contribution in [0.25, 0.3) is 0 Å². The van der Waals surface area contributed by atoms with Crippen molar-refractivity contribution in [1.29, 1.82) is 0 Å². The Morgan fingerprint density at radius 2 is 2.33 bits per heavy atom. The van der Waals surface area contributed by atoms with Crippen molar-refractivity contribution in [3.05, 3.63) is 23.3 Å². The van der Waals surface area contributed by atoms with Gasteiger partial charge in [0, 0.05) is 12.2 Å². The van der Waals surface area contributed by atoms with Gasteiger partial charge in [-0.1, -0.05) is 0 Å². The Morgan fingerprint density at radius 3 is 3.00 bits per heavy atom. The molecule has 1 heterocycles. The molecular weight excluding hydrogens is 194 g/mol. The first-order valence-corrected chi connectivity index (χ1v) is 4.91. The molecule has 2 rings (SSSR count). The van der Waals surface area contributed by atoms with E-state index in [4.69, 9.17) is 9.84 Å². The van der Waals surface area contributed by atoms with Crippen LogP contribution in [0.3, 0.4) is 0 Å². The molecule has 0 bridgehead atoms. The van der Waals surface area contributed by atoms with Gasteiger partial charge in [0.05, 0.1) is 7.11 Å². The third-order valence-electron chi connectivity index (χ3n) is 2.63. The second kappa shape index (κ2) is 3.81. The number of nitrogens with one attached hydrogen (secondary N) is 1. The molecule has 0 unspecified atom stereocenters. The first-order valence-electron chi connectivity index (χ1n) is 4.91. The summed E-state index contributed by atoms with van der Waals surface area (Å²) < 4.78 is 5.06. The van der Waals surface area contributed by atoms with E-state index in [1.165, 1.54) is 7.11 Å². The topological polar surface area (TPSA) is 58.6 Å². The lowest BCUT2D eigenvalue weighted by molar-refractivity contribution is 0.0692. The monoisotopic (exact) mass is 207 g/mol. The Hall–Kier alpha value is -1.71. The molecule has 0 amide bonds. The maximum absolute atomic E-state index is 11.1. The molecule has 80 valence electrons. The molecule has 0 saturated carbocycles. The zero-order valence-electron chi connectivity index (χ0n) is 8.54. The van der Waals surface area contributed by atoms with E-state index in [9.17, 15) is 4.79 Å². The molecule has 0 aliphatic carbocycles. The molecule has 0 saturated heterocycles. The minimum absolute atomic E-state index is 0.294. The summed E-state index contributed by atoms with van der Waals surface area (Å²) in [5.41, 5.74) is 2.06. The SMILES string of the molecule is COc1ccc2c(c1C(=O)O)CCCN2. The smallest absolute Gasteiger partial charge is 0.339 e. The average Bonchev–Trinajstić information content (AvgIpc) is 2.27. The summed E-state index contributed by atoms with van der Waals surface area (Å²) in [6.45, 7) is 0.901. The van der Waals surface area contributed by atoms with Crippen LogP contribution in [0.1, 0.15) is 22.3 Å². The molecule has 1 aliphatic heterocycles. The minimum atomic E-state index is -0.924. The second-order valence-corrected chi connectivity index (χ2v) is 3.50. The van der Waals surface area contributed by atoms with Gasteiger partial charge in [0.2, 0.25) is 0 Å². The standard InChI is InChI=1S/C11H13NO3/c1-15-9-5-4-8-7(3-2-6-12-8)10(9)11(13)14/h4-5,12H,2-3,6H2,1H3,(H,13,14). The summed E-state index contributed by atoms with van der Waals surface area (Å²) in [5, 5.41) is 12.3. The number of carbonyl (C=O) groups is 1. The van der Waals surface area contributed by atoms with E-state index in [2.05, 4.69) is 5.32 Å². The normalized spacial score (nSPS) is 13.9. The van der Waals surface area contributed by atoms with E-state index in [1.54, 1.807) is 6.07 Å². The molecule has 0 radical (unpaired) electrons. The lowest BCUT2D eigenvalue weighted by Crippen LogP contribution is -2.16. The highest BCUT2D eigenvalue weighted by atomic mass is 16.5. The molecule has 15 heavy (non-hydrogen) atoms. The summed E-state index contributed by atoms with van der Waals surface area (Å²) in [4.78, 5) is 11.1. The third-order valence-corrected chi connectivity index (χ3v) is 2.63. The van der Waals surface area contributed by atoms with E-state index in [-0.39, 0.29) is 0 Å². The van der Waals surface area contributed by atoms with Crippen LogP contribution in [0, 0.1) is 0 Å². The van der Waals surface area contributed by atoms with Gasteiger partial charge in [-0.2, -0.15) is 0 Å². The Balaban J connectivity index is 2.59. The number of benzene rings is 1. The fourth-order valence-electron chi connectivity index (χ4n) is 1.94. The van der Waals surface area contributed by atoms with Crippen molar-refractivity contribution in [1.82, 2.24) is 0 Å². The summed E-state index contributed by atoms with van der Waals surface area (Å²) in [7, 11) is 1.49. The van der Waals surface area contributed by atoms with Crippen LogP contribution in [0.4, 0.5) is 5.69 Å². The maximum Gasteiger partial charge on any atom is 0.339 e. The van der Waals surface area contributed by atoms with Gasteiger partial charge < -0.3 is 15.2 Å². The Bertz CT molecular complexity index is 401. The van der Waals surface area contributed by atoms with Crippen molar-refractivity contribution in [2.24, 2.45) is 0 Å². The van der Waals surface area contributed by atoms with Crippen LogP contribution >= 0.6 is 0 Å². The number of carboxylic acid groups (broad SMARTS) is 1. The first-order chi connectivity index (χ1) is 7.24. The van der Waals surface area contributed by atoms with Crippen LogP contribution in [-0.4, -0.2) is 24.7 Å². The van der Waals surface area contributed by atoms with Crippen molar-refractivity contribution in [2.45, 2.75) is 12.8 Å². The van der Waals surface area contributed by atoms with Crippen LogP contribution < -0.4 is 10.1 Å². The van der Waals surface area contributed by atoms with Crippen molar-refractivity contribution >= 4 is 11.7 Å². The van der Waals surface area contributed by atoms with Crippen molar-refractivity contribution in [2.75, 3.05) is 19.0 Å². The molecular formula is C11H13NO3. The van der Waals surface area contributed by atoms with Crippen molar-refractivity contribution in [3.8, 4) is 5.75 Å². The fourth-order valence-corrected chi connectivity index (χ4v) is 1.94. The van der Waals surface area contributed by atoms with Crippen LogP contribution in [0.15, 0.2) is 12.1 Å². The van der Waals surface area contributed by atoms with E-state index >= 15 is 0 Å². The Kier molecular flexibility index (Phi) is 2.49. The summed E-state index contributed by atoms with van der Waals surface area (Å²) in [5.74, 6) is -0.489. The number of hydrogen-bond donors (Lipinski definition) is 2. The Labute approximate surface area is 87.9 Å². The number of anilines is 1. The van der Waals surface area contributed by atoms with E-state index in [0.29, 0.717) is 11.3 Å². The molecule has 1 aliphatic rings. The molecule has 0 aromatic heterocycles. The largest absolute Gasteiger partial charge is 0.496 e. The number of aromatic carboxylic acids is 1. The maximum atomic E-state index is 11.1. The Morgan fingerprint density at radius 1 is 1.53 bits per heavy atom. The predicted octanol–water partition coefficient (Wildman–Crippen LogP) is 1.75. The van der Waals surface area contributed by atoms with E-state index in [1.807, 2.05) is 6.07 Å². The highest BCUT2D eigenvalue weighted by Crippen LogP contribution is 2.32. The number of fused-ring (bicyclic) bond motifs is 1. The van der Waals surface area contributed by atoms with E-state index in [0.717, 1.165) is 30.6 Å². The van der Waals surface area contributed by atoms with Crippen LogP contribution in [0.5, 0.6) is 5.75 Å². The van der Waals surface area contributed by atoms with E-state index < -0.39 is 5.97 Å². The summed E-state index contributed by atoms with van der Waals surface area (Å²) in [6.07, 6.45) is 1.75. The van der Waals surface area contributed by atoms with Gasteiger partial charge in [0.15, 0.2) is 0 Å². The number of carboxylic acids is 1. The zero-order valence-corrected chi connectivity index (χ0v) is 8.54. The predicted molar refractivity (Wildman–Crippen MR) is 56.8 cm³/mol. The highest BCUT2D eigenvalue weighted by molar-refractivity contribution is 5.94. The molecule has 0 atom stereocenters. The summed E-state index contributed by atoms with van der Waals surface area (Å²) >= 11 is 0. The molecule has 4 heteroatoms. The molecule has 0 fully saturated rings. The van der Waals surface area contributed by atoms with Gasteiger partial charge in [-0.05, 0) is 30.5 Å². The second-order valence-electron chi connectivity index (χ2n) is 3.50. The lowest BCUT2D eigenvalue weighted by atomic mass is 9.97. The quantitative estimate of drug-likeness (QED) is 0.775. The molecule has 2 N–H and O–H groups in total. The molecule has 1 aromatic rings. The number of methoxy groups -OCH3 is 1. The summed E-state index contributed by atoms with van der Waals surface area (Å²) in [6, 6.07) is 3.57.